The maximum Gasteiger partial charge on any atom is 0.269 e. The third-order valence-electron chi connectivity index (χ3n) is 3.11. The Morgan fingerprint density at radius 3 is 2.29 bits per heavy atom. The summed E-state index contributed by atoms with van der Waals surface area (Å²) in [5.74, 6) is 0.259. The topological polar surface area (TPSA) is 51.4 Å². The van der Waals surface area contributed by atoms with Gasteiger partial charge in [-0.15, -0.1) is 0 Å². The highest BCUT2D eigenvalue weighted by molar-refractivity contribution is 9.15. The van der Waals surface area contributed by atoms with Crippen LogP contribution in [0.1, 0.15) is 16.8 Å². The molecule has 0 saturated heterocycles. The minimum Gasteiger partial charge on any atom is -0.245 e. The molecule has 0 radical (unpaired) electrons. The van der Waals surface area contributed by atoms with Crippen LogP contribution in [0.2, 0.25) is 0 Å². The summed E-state index contributed by atoms with van der Waals surface area (Å²) in [5.41, 5.74) is 2.15. The van der Waals surface area contributed by atoms with Gasteiger partial charge in [0.05, 0.1) is 4.90 Å². The van der Waals surface area contributed by atoms with E-state index in [1.165, 1.54) is 3.97 Å². The van der Waals surface area contributed by atoms with E-state index in [4.69, 9.17) is 0 Å². The number of rotatable bonds is 4. The lowest BCUT2D eigenvalue weighted by Gasteiger charge is -2.11. The van der Waals surface area contributed by atoms with Gasteiger partial charge in [-0.2, -0.15) is 0 Å². The third kappa shape index (κ3) is 2.73. The van der Waals surface area contributed by atoms with Crippen molar-refractivity contribution >= 4 is 43.0 Å². The fraction of sp³-hybridized carbons (Fsp3) is 0.133. The van der Waals surface area contributed by atoms with Crippen LogP contribution in [0, 0.1) is 13.8 Å². The van der Waals surface area contributed by atoms with Crippen LogP contribution in [-0.2, 0) is 10.0 Å². The van der Waals surface area contributed by atoms with Crippen LogP contribution in [0.25, 0.3) is 4.48 Å². The van der Waals surface area contributed by atoms with Gasteiger partial charge in [-0.1, -0.05) is 40.2 Å². The van der Waals surface area contributed by atoms with Crippen LogP contribution >= 0.6 is 15.9 Å². The maximum atomic E-state index is 12.8. The van der Waals surface area contributed by atoms with Crippen LogP contribution in [0.5, 0.6) is 0 Å². The summed E-state index contributed by atoms with van der Waals surface area (Å²) in [7, 11) is -3.72. The first-order chi connectivity index (χ1) is 9.78. The fourth-order valence-corrected chi connectivity index (χ4v) is 3.87. The van der Waals surface area contributed by atoms with Gasteiger partial charge in [0.2, 0.25) is 0 Å². The first kappa shape index (κ1) is 15.7. The Labute approximate surface area is 133 Å². The highest BCUT2D eigenvalue weighted by Crippen LogP contribution is 2.35. The largest absolute Gasteiger partial charge is 0.269 e. The van der Waals surface area contributed by atoms with Gasteiger partial charge < -0.3 is 0 Å². The molecule has 2 aromatic rings. The predicted molar refractivity (Wildman–Crippen MR) is 90.1 cm³/mol. The summed E-state index contributed by atoms with van der Waals surface area (Å²) < 4.78 is 27.4. The Kier molecular flexibility index (Phi) is 4.20. The molecule has 1 heterocycles. The lowest BCUT2D eigenvalue weighted by Crippen LogP contribution is -2.14. The molecular formula is C15H15BrN2O2S. The van der Waals surface area contributed by atoms with E-state index in [0.29, 0.717) is 15.7 Å². The number of hydrogen-bond acceptors (Lipinski definition) is 3. The smallest absolute Gasteiger partial charge is 0.245 e. The van der Waals surface area contributed by atoms with Gasteiger partial charge in [-0.25, -0.2) is 17.4 Å². The Morgan fingerprint density at radius 1 is 1.24 bits per heavy atom. The lowest BCUT2D eigenvalue weighted by atomic mass is 10.2. The Bertz CT molecular complexity index is 818. The summed E-state index contributed by atoms with van der Waals surface area (Å²) >= 11 is 3.26. The van der Waals surface area contributed by atoms with Gasteiger partial charge >= 0.3 is 0 Å². The SMILES string of the molecule is C=Nc1c(C(=C)Br)cc(C)n1S(=O)(=O)c1ccc(C)cc1. The lowest BCUT2D eigenvalue weighted by molar-refractivity contribution is 0.587. The average molecular weight is 367 g/mol. The van der Waals surface area contributed by atoms with E-state index in [9.17, 15) is 8.42 Å². The molecule has 1 aromatic carbocycles. The summed E-state index contributed by atoms with van der Waals surface area (Å²) in [5, 5.41) is 0. The highest BCUT2D eigenvalue weighted by Gasteiger charge is 2.24. The molecule has 0 aliphatic carbocycles. The number of aromatic nitrogens is 1. The van der Waals surface area contributed by atoms with Crippen molar-refractivity contribution in [2.45, 2.75) is 18.7 Å². The van der Waals surface area contributed by atoms with E-state index in [2.05, 4.69) is 34.2 Å². The molecular weight excluding hydrogens is 352 g/mol. The minimum absolute atomic E-state index is 0.212. The Hall–Kier alpha value is -1.66. The third-order valence-corrected chi connectivity index (χ3v) is 5.34. The number of benzene rings is 1. The molecule has 4 nitrogen and oxygen atoms in total. The molecule has 0 fully saturated rings. The van der Waals surface area contributed by atoms with Crippen molar-refractivity contribution in [1.82, 2.24) is 3.97 Å². The first-order valence-corrected chi connectivity index (χ1v) is 8.38. The number of halogens is 1. The van der Waals surface area contributed by atoms with Crippen LogP contribution in [0.3, 0.4) is 0 Å². The van der Waals surface area contributed by atoms with Crippen molar-refractivity contribution in [2.24, 2.45) is 4.99 Å². The van der Waals surface area contributed by atoms with Gasteiger partial charge in [0.1, 0.15) is 0 Å². The minimum atomic E-state index is -3.72. The summed E-state index contributed by atoms with van der Waals surface area (Å²) in [6.07, 6.45) is 0. The summed E-state index contributed by atoms with van der Waals surface area (Å²) in [6.45, 7) is 10.9. The van der Waals surface area contributed by atoms with Crippen molar-refractivity contribution in [1.29, 1.82) is 0 Å². The highest BCUT2D eigenvalue weighted by atomic mass is 79.9. The molecule has 0 bridgehead atoms. The van der Waals surface area contributed by atoms with Gasteiger partial charge in [0, 0.05) is 15.7 Å². The molecule has 110 valence electrons. The molecule has 0 aliphatic heterocycles. The van der Waals surface area contributed by atoms with Gasteiger partial charge in [-0.05, 0) is 38.8 Å². The van der Waals surface area contributed by atoms with Crippen molar-refractivity contribution in [2.75, 3.05) is 0 Å². The van der Waals surface area contributed by atoms with Crippen molar-refractivity contribution in [3.63, 3.8) is 0 Å². The molecule has 0 aliphatic rings. The molecule has 0 saturated carbocycles. The molecule has 2 rings (SSSR count). The van der Waals surface area contributed by atoms with Crippen LogP contribution < -0.4 is 0 Å². The van der Waals surface area contributed by atoms with E-state index >= 15 is 0 Å². The van der Waals surface area contributed by atoms with Crippen LogP contribution in [0.4, 0.5) is 5.82 Å². The number of nitrogens with zero attached hydrogens (tertiary/aromatic N) is 2. The monoisotopic (exact) mass is 366 g/mol. The first-order valence-electron chi connectivity index (χ1n) is 6.15. The number of aliphatic imine (C=N–C) groups is 1. The van der Waals surface area contributed by atoms with E-state index in [-0.39, 0.29) is 10.7 Å². The van der Waals surface area contributed by atoms with Gasteiger partial charge in [0.25, 0.3) is 10.0 Å². The molecule has 0 unspecified atom stereocenters. The maximum absolute atomic E-state index is 12.8. The second-order valence-electron chi connectivity index (χ2n) is 4.67. The zero-order valence-corrected chi connectivity index (χ0v) is 14.2. The average Bonchev–Trinajstić information content (AvgIpc) is 2.76. The van der Waals surface area contributed by atoms with E-state index in [1.54, 1.807) is 37.3 Å². The Morgan fingerprint density at radius 2 is 1.81 bits per heavy atom. The number of hydrogen-bond donors (Lipinski definition) is 0. The normalized spacial score (nSPS) is 11.4. The van der Waals surface area contributed by atoms with Gasteiger partial charge in [0.15, 0.2) is 5.82 Å². The molecule has 1 aromatic heterocycles. The van der Waals surface area contributed by atoms with E-state index < -0.39 is 10.0 Å². The second-order valence-corrected chi connectivity index (χ2v) is 7.41. The van der Waals surface area contributed by atoms with Crippen LogP contribution in [-0.4, -0.2) is 19.1 Å². The van der Waals surface area contributed by atoms with Crippen molar-refractivity contribution in [3.05, 3.63) is 53.7 Å². The van der Waals surface area contributed by atoms with Gasteiger partial charge in [-0.3, -0.25) is 0 Å². The number of aryl methyl sites for hydroxylation is 2. The molecule has 21 heavy (non-hydrogen) atoms. The quantitative estimate of drug-likeness (QED) is 0.766. The van der Waals surface area contributed by atoms with Crippen LogP contribution in [0.15, 0.2) is 46.8 Å². The molecule has 0 spiro atoms. The Balaban J connectivity index is 2.73. The van der Waals surface area contributed by atoms with Crippen molar-refractivity contribution < 1.29 is 8.42 Å². The standard InChI is InChI=1S/C15H15BrN2O2S/c1-10-5-7-13(8-6-10)21(19,20)18-11(2)9-14(12(3)16)15(18)17-4/h5-9H,3-4H2,1-2H3. The predicted octanol–water partition coefficient (Wildman–Crippen LogP) is 4.04. The molecule has 0 atom stereocenters. The molecule has 0 N–H and O–H groups in total. The fourth-order valence-electron chi connectivity index (χ4n) is 2.08. The molecule has 0 amide bonds. The zero-order chi connectivity index (χ0) is 15.8. The summed E-state index contributed by atoms with van der Waals surface area (Å²) in [4.78, 5) is 4.08. The van der Waals surface area contributed by atoms with E-state index in [1.807, 2.05) is 6.92 Å². The zero-order valence-electron chi connectivity index (χ0n) is 11.8. The second kappa shape index (κ2) is 5.61. The summed E-state index contributed by atoms with van der Waals surface area (Å²) in [6, 6.07) is 8.40. The van der Waals surface area contributed by atoms with Crippen molar-refractivity contribution in [3.8, 4) is 0 Å². The van der Waals surface area contributed by atoms with E-state index in [0.717, 1.165) is 5.56 Å². The molecule has 6 heteroatoms.